The summed E-state index contributed by atoms with van der Waals surface area (Å²) in [5, 5.41) is 2.54. The standard InChI is InChI=1S/C16H14Br2Cl2/c17-10-12(6-11-2-1-3-15(19)8-11)7-13-4-5-14(18)9-16(13)20/h1-5,8-9,12H,6-7,10H2. The van der Waals surface area contributed by atoms with Gasteiger partial charge >= 0.3 is 0 Å². The molecule has 0 saturated heterocycles. The quantitative estimate of drug-likeness (QED) is 0.466. The first-order valence-electron chi connectivity index (χ1n) is 6.33. The maximum atomic E-state index is 6.29. The van der Waals surface area contributed by atoms with Crippen molar-refractivity contribution in [1.29, 1.82) is 0 Å². The van der Waals surface area contributed by atoms with Crippen LogP contribution in [0.25, 0.3) is 0 Å². The molecule has 4 heteroatoms. The van der Waals surface area contributed by atoms with Crippen molar-refractivity contribution in [2.75, 3.05) is 5.33 Å². The van der Waals surface area contributed by atoms with E-state index in [1.807, 2.05) is 30.3 Å². The van der Waals surface area contributed by atoms with E-state index >= 15 is 0 Å². The lowest BCUT2D eigenvalue weighted by molar-refractivity contribution is 0.591. The summed E-state index contributed by atoms with van der Waals surface area (Å²) >= 11 is 19.4. The predicted octanol–water partition coefficient (Wildman–Crippen LogP) is 6.55. The lowest BCUT2D eigenvalue weighted by Crippen LogP contribution is -2.10. The van der Waals surface area contributed by atoms with Gasteiger partial charge in [-0.25, -0.2) is 0 Å². The van der Waals surface area contributed by atoms with Crippen molar-refractivity contribution in [2.45, 2.75) is 12.8 Å². The molecule has 2 aromatic carbocycles. The Bertz CT molecular complexity index is 584. The number of hydrogen-bond donors (Lipinski definition) is 0. The van der Waals surface area contributed by atoms with Crippen LogP contribution in [0, 0.1) is 5.92 Å². The van der Waals surface area contributed by atoms with E-state index in [-0.39, 0.29) is 0 Å². The Hall–Kier alpha value is -0.0200. The Morgan fingerprint density at radius 2 is 1.80 bits per heavy atom. The van der Waals surface area contributed by atoms with Crippen LogP contribution >= 0.6 is 55.1 Å². The lowest BCUT2D eigenvalue weighted by Gasteiger charge is -2.15. The molecule has 20 heavy (non-hydrogen) atoms. The molecule has 0 fully saturated rings. The molecule has 0 aliphatic carbocycles. The first kappa shape index (κ1) is 16.4. The smallest absolute Gasteiger partial charge is 0.0449 e. The third kappa shape index (κ3) is 4.77. The number of rotatable bonds is 5. The summed E-state index contributed by atoms with van der Waals surface area (Å²) in [7, 11) is 0. The zero-order valence-electron chi connectivity index (χ0n) is 10.8. The zero-order valence-corrected chi connectivity index (χ0v) is 15.4. The fourth-order valence-corrected chi connectivity index (χ4v) is 3.60. The van der Waals surface area contributed by atoms with Gasteiger partial charge in [0.2, 0.25) is 0 Å². The molecule has 0 radical (unpaired) electrons. The Morgan fingerprint density at radius 3 is 2.45 bits per heavy atom. The Labute approximate surface area is 146 Å². The molecular weight excluding hydrogens is 423 g/mol. The van der Waals surface area contributed by atoms with E-state index in [4.69, 9.17) is 23.2 Å². The van der Waals surface area contributed by atoms with Gasteiger partial charge in [-0.15, -0.1) is 0 Å². The molecule has 0 amide bonds. The molecule has 0 aliphatic heterocycles. The highest BCUT2D eigenvalue weighted by atomic mass is 79.9. The summed E-state index contributed by atoms with van der Waals surface area (Å²) in [6.07, 6.45) is 1.93. The molecule has 0 spiro atoms. The third-order valence-corrected chi connectivity index (χ3v) is 5.15. The highest BCUT2D eigenvalue weighted by Gasteiger charge is 2.12. The maximum Gasteiger partial charge on any atom is 0.0449 e. The van der Waals surface area contributed by atoms with E-state index < -0.39 is 0 Å². The Kier molecular flexibility index (Phi) is 6.41. The van der Waals surface area contributed by atoms with Crippen molar-refractivity contribution in [1.82, 2.24) is 0 Å². The summed E-state index contributed by atoms with van der Waals surface area (Å²) in [4.78, 5) is 0. The van der Waals surface area contributed by atoms with Crippen LogP contribution < -0.4 is 0 Å². The van der Waals surface area contributed by atoms with Crippen LogP contribution in [-0.4, -0.2) is 5.33 Å². The average molecular weight is 437 g/mol. The van der Waals surface area contributed by atoms with Gasteiger partial charge < -0.3 is 0 Å². The molecule has 0 bridgehead atoms. The molecule has 0 aliphatic rings. The maximum absolute atomic E-state index is 6.29. The van der Waals surface area contributed by atoms with Gasteiger partial charge in [-0.1, -0.05) is 73.3 Å². The second kappa shape index (κ2) is 7.84. The van der Waals surface area contributed by atoms with Crippen LogP contribution in [0.2, 0.25) is 10.0 Å². The van der Waals surface area contributed by atoms with Crippen molar-refractivity contribution in [3.63, 3.8) is 0 Å². The van der Waals surface area contributed by atoms with Gasteiger partial charge in [0, 0.05) is 19.8 Å². The summed E-state index contributed by atoms with van der Waals surface area (Å²) in [5.41, 5.74) is 2.44. The molecule has 1 atom stereocenters. The Balaban J connectivity index is 2.09. The van der Waals surface area contributed by atoms with Gasteiger partial charge in [-0.2, -0.15) is 0 Å². The summed E-state index contributed by atoms with van der Waals surface area (Å²) < 4.78 is 1.01. The van der Waals surface area contributed by atoms with Gasteiger partial charge in [0.15, 0.2) is 0 Å². The van der Waals surface area contributed by atoms with Crippen molar-refractivity contribution in [2.24, 2.45) is 5.92 Å². The van der Waals surface area contributed by atoms with Gasteiger partial charge in [0.1, 0.15) is 0 Å². The van der Waals surface area contributed by atoms with Crippen molar-refractivity contribution < 1.29 is 0 Å². The number of alkyl halides is 1. The van der Waals surface area contributed by atoms with Crippen molar-refractivity contribution in [3.8, 4) is 0 Å². The fourth-order valence-electron chi connectivity index (χ4n) is 2.18. The molecule has 0 nitrogen and oxygen atoms in total. The van der Waals surface area contributed by atoms with E-state index in [1.165, 1.54) is 11.1 Å². The molecule has 0 N–H and O–H groups in total. The molecule has 2 rings (SSSR count). The van der Waals surface area contributed by atoms with Crippen LogP contribution in [0.15, 0.2) is 46.9 Å². The van der Waals surface area contributed by atoms with Crippen LogP contribution in [0.4, 0.5) is 0 Å². The van der Waals surface area contributed by atoms with E-state index in [9.17, 15) is 0 Å². The van der Waals surface area contributed by atoms with E-state index in [0.717, 1.165) is 32.7 Å². The SMILES string of the molecule is Clc1cccc(CC(CBr)Cc2ccc(Br)cc2Cl)c1. The summed E-state index contributed by atoms with van der Waals surface area (Å²) in [6.45, 7) is 0. The van der Waals surface area contributed by atoms with Crippen molar-refractivity contribution in [3.05, 3.63) is 68.1 Å². The molecule has 0 heterocycles. The van der Waals surface area contributed by atoms with E-state index in [1.54, 1.807) is 0 Å². The highest BCUT2D eigenvalue weighted by molar-refractivity contribution is 9.10. The zero-order chi connectivity index (χ0) is 14.5. The minimum absolute atomic E-state index is 0.493. The van der Waals surface area contributed by atoms with Gasteiger partial charge in [0.25, 0.3) is 0 Å². The predicted molar refractivity (Wildman–Crippen MR) is 95.3 cm³/mol. The van der Waals surface area contributed by atoms with Gasteiger partial charge in [0.05, 0.1) is 0 Å². The minimum Gasteiger partial charge on any atom is -0.0925 e. The Morgan fingerprint density at radius 1 is 1.00 bits per heavy atom. The molecule has 106 valence electrons. The first-order valence-corrected chi connectivity index (χ1v) is 9.00. The third-order valence-electron chi connectivity index (χ3n) is 3.16. The monoisotopic (exact) mass is 434 g/mol. The largest absolute Gasteiger partial charge is 0.0925 e. The molecule has 2 aromatic rings. The van der Waals surface area contributed by atoms with Crippen LogP contribution in [0.1, 0.15) is 11.1 Å². The number of halogens is 4. The molecule has 0 saturated carbocycles. The topological polar surface area (TPSA) is 0 Å². The number of hydrogen-bond acceptors (Lipinski definition) is 0. The molecule has 1 unspecified atom stereocenters. The van der Waals surface area contributed by atoms with Crippen molar-refractivity contribution >= 4 is 55.1 Å². The molecular formula is C16H14Br2Cl2. The fraction of sp³-hybridized carbons (Fsp3) is 0.250. The van der Waals surface area contributed by atoms with Crippen LogP contribution in [0.3, 0.4) is 0 Å². The minimum atomic E-state index is 0.493. The molecule has 0 aromatic heterocycles. The van der Waals surface area contributed by atoms with E-state index in [0.29, 0.717) is 5.92 Å². The second-order valence-corrected chi connectivity index (χ2v) is 7.20. The highest BCUT2D eigenvalue weighted by Crippen LogP contribution is 2.26. The summed E-state index contributed by atoms with van der Waals surface area (Å²) in [6, 6.07) is 14.1. The van der Waals surface area contributed by atoms with Crippen LogP contribution in [0.5, 0.6) is 0 Å². The number of benzene rings is 2. The second-order valence-electron chi connectivity index (χ2n) is 4.79. The van der Waals surface area contributed by atoms with E-state index in [2.05, 4.69) is 44.0 Å². The average Bonchev–Trinajstić information content (AvgIpc) is 2.41. The summed E-state index contributed by atoms with van der Waals surface area (Å²) in [5.74, 6) is 0.493. The van der Waals surface area contributed by atoms with Gasteiger partial charge in [-0.05, 0) is 54.2 Å². The first-order chi connectivity index (χ1) is 9.58. The van der Waals surface area contributed by atoms with Gasteiger partial charge in [-0.3, -0.25) is 0 Å². The van der Waals surface area contributed by atoms with Crippen LogP contribution in [-0.2, 0) is 12.8 Å². The normalized spacial score (nSPS) is 12.4. The lowest BCUT2D eigenvalue weighted by atomic mass is 9.94.